The van der Waals surface area contributed by atoms with Crippen molar-refractivity contribution in [3.63, 3.8) is 0 Å². The highest BCUT2D eigenvalue weighted by molar-refractivity contribution is 9.10. The molecule has 1 amide bonds. The molecular formula is C17H20BrN3O2. The smallest absolute Gasteiger partial charge is 0.254 e. The largest absolute Gasteiger partial charge is 0.368 e. The van der Waals surface area contributed by atoms with Crippen LogP contribution in [0, 0.1) is 0 Å². The number of anilines is 1. The summed E-state index contributed by atoms with van der Waals surface area (Å²) in [6.07, 6.45) is 3.62. The van der Waals surface area contributed by atoms with Crippen molar-refractivity contribution < 1.29 is 9.53 Å². The third kappa shape index (κ3) is 5.33. The minimum Gasteiger partial charge on any atom is -0.368 e. The number of carbonyl (C=O) groups is 1. The molecule has 0 aliphatic carbocycles. The van der Waals surface area contributed by atoms with Gasteiger partial charge in [-0.1, -0.05) is 34.1 Å². The fourth-order valence-electron chi connectivity index (χ4n) is 2.00. The minimum atomic E-state index is -0.524. The molecule has 122 valence electrons. The molecule has 0 saturated heterocycles. The van der Waals surface area contributed by atoms with Crippen LogP contribution in [-0.4, -0.2) is 28.4 Å². The Bertz CT molecular complexity index is 669. The van der Waals surface area contributed by atoms with E-state index in [9.17, 15) is 4.79 Å². The Balaban J connectivity index is 1.97. The topological polar surface area (TPSA) is 56.1 Å². The Morgan fingerprint density at radius 1 is 1.52 bits per heavy atom. The van der Waals surface area contributed by atoms with Gasteiger partial charge in [-0.05, 0) is 31.0 Å². The van der Waals surface area contributed by atoms with E-state index in [0.717, 1.165) is 16.5 Å². The first-order valence-electron chi connectivity index (χ1n) is 7.39. The summed E-state index contributed by atoms with van der Waals surface area (Å²) in [5, 5.41) is 7.11. The summed E-state index contributed by atoms with van der Waals surface area (Å²) in [6, 6.07) is 9.74. The molecule has 0 fully saturated rings. The van der Waals surface area contributed by atoms with Crippen molar-refractivity contribution in [2.24, 2.45) is 0 Å². The molecule has 2 rings (SSSR count). The highest BCUT2D eigenvalue weighted by Crippen LogP contribution is 2.15. The number of nitrogens with zero attached hydrogens (tertiary/aromatic N) is 2. The number of carbonyl (C=O) groups excluding carboxylic acids is 1. The Hall–Kier alpha value is -1.92. The van der Waals surface area contributed by atoms with Crippen molar-refractivity contribution in [1.29, 1.82) is 0 Å². The summed E-state index contributed by atoms with van der Waals surface area (Å²) in [5.74, 6) is 0.458. The van der Waals surface area contributed by atoms with Gasteiger partial charge in [-0.15, -0.1) is 6.58 Å². The standard InChI is InChI=1S/C17H20BrN3O2/c1-3-4-10-23-13(2)17(22)20-16-8-9-19-21(16)12-14-6-5-7-15(18)11-14/h3,5-9,11,13H,1,4,10,12H2,2H3,(H,20,22). The van der Waals surface area contributed by atoms with Gasteiger partial charge in [0.1, 0.15) is 11.9 Å². The first-order chi connectivity index (χ1) is 11.1. The normalized spacial score (nSPS) is 11.9. The van der Waals surface area contributed by atoms with E-state index in [-0.39, 0.29) is 5.91 Å². The van der Waals surface area contributed by atoms with E-state index in [1.807, 2.05) is 24.3 Å². The maximum Gasteiger partial charge on any atom is 0.254 e. The van der Waals surface area contributed by atoms with Crippen LogP contribution in [-0.2, 0) is 16.1 Å². The first kappa shape index (κ1) is 17.4. The Morgan fingerprint density at radius 3 is 3.09 bits per heavy atom. The SMILES string of the molecule is C=CCCOC(C)C(=O)Nc1ccnn1Cc1cccc(Br)c1. The van der Waals surface area contributed by atoms with Gasteiger partial charge in [0.25, 0.3) is 5.91 Å². The van der Waals surface area contributed by atoms with Gasteiger partial charge >= 0.3 is 0 Å². The second-order valence-electron chi connectivity index (χ2n) is 5.08. The highest BCUT2D eigenvalue weighted by atomic mass is 79.9. The van der Waals surface area contributed by atoms with Gasteiger partial charge in [0.05, 0.1) is 19.3 Å². The fourth-order valence-corrected chi connectivity index (χ4v) is 2.45. The van der Waals surface area contributed by atoms with Gasteiger partial charge in [-0.2, -0.15) is 5.10 Å². The number of aromatic nitrogens is 2. The van der Waals surface area contributed by atoms with Crippen LogP contribution < -0.4 is 5.32 Å². The molecular weight excluding hydrogens is 358 g/mol. The van der Waals surface area contributed by atoms with Gasteiger partial charge in [0.15, 0.2) is 0 Å². The van der Waals surface area contributed by atoms with Crippen LogP contribution in [0.15, 0.2) is 53.7 Å². The highest BCUT2D eigenvalue weighted by Gasteiger charge is 2.15. The lowest BCUT2D eigenvalue weighted by Gasteiger charge is -2.14. The van der Waals surface area contributed by atoms with Gasteiger partial charge in [0.2, 0.25) is 0 Å². The predicted octanol–water partition coefficient (Wildman–Crippen LogP) is 3.61. The van der Waals surface area contributed by atoms with Crippen LogP contribution in [0.1, 0.15) is 18.9 Å². The summed E-state index contributed by atoms with van der Waals surface area (Å²) in [6.45, 7) is 6.41. The van der Waals surface area contributed by atoms with Gasteiger partial charge in [-0.3, -0.25) is 4.79 Å². The van der Waals surface area contributed by atoms with E-state index in [2.05, 4.69) is 32.9 Å². The quantitative estimate of drug-likeness (QED) is 0.564. The molecule has 0 bridgehead atoms. The maximum absolute atomic E-state index is 12.2. The fraction of sp³-hybridized carbons (Fsp3) is 0.294. The third-order valence-electron chi connectivity index (χ3n) is 3.25. The molecule has 1 aromatic carbocycles. The lowest BCUT2D eigenvalue weighted by Crippen LogP contribution is -2.29. The van der Waals surface area contributed by atoms with E-state index in [4.69, 9.17) is 4.74 Å². The molecule has 0 spiro atoms. The molecule has 1 unspecified atom stereocenters. The molecule has 2 aromatic rings. The molecule has 0 saturated carbocycles. The lowest BCUT2D eigenvalue weighted by atomic mass is 10.2. The number of amides is 1. The molecule has 1 aromatic heterocycles. The number of rotatable bonds is 8. The average molecular weight is 378 g/mol. The number of ether oxygens (including phenoxy) is 1. The van der Waals surface area contributed by atoms with Crippen molar-refractivity contribution >= 4 is 27.7 Å². The Labute approximate surface area is 144 Å². The Morgan fingerprint density at radius 2 is 2.35 bits per heavy atom. The van der Waals surface area contributed by atoms with Crippen LogP contribution in [0.4, 0.5) is 5.82 Å². The zero-order chi connectivity index (χ0) is 16.7. The number of benzene rings is 1. The summed E-state index contributed by atoms with van der Waals surface area (Å²) >= 11 is 3.45. The zero-order valence-electron chi connectivity index (χ0n) is 13.0. The summed E-state index contributed by atoms with van der Waals surface area (Å²) in [4.78, 5) is 12.2. The second-order valence-corrected chi connectivity index (χ2v) is 6.00. The summed E-state index contributed by atoms with van der Waals surface area (Å²) < 4.78 is 8.20. The van der Waals surface area contributed by atoms with Gasteiger partial charge in [-0.25, -0.2) is 4.68 Å². The zero-order valence-corrected chi connectivity index (χ0v) is 14.6. The van der Waals surface area contributed by atoms with Crippen LogP contribution in [0.3, 0.4) is 0 Å². The molecule has 0 aliphatic rings. The number of halogens is 1. The van der Waals surface area contributed by atoms with E-state index >= 15 is 0 Å². The molecule has 23 heavy (non-hydrogen) atoms. The molecule has 6 heteroatoms. The molecule has 5 nitrogen and oxygen atoms in total. The van der Waals surface area contributed by atoms with Crippen molar-refractivity contribution in [2.75, 3.05) is 11.9 Å². The van der Waals surface area contributed by atoms with Crippen LogP contribution in [0.25, 0.3) is 0 Å². The van der Waals surface area contributed by atoms with Crippen LogP contribution in [0.2, 0.25) is 0 Å². The molecule has 0 aliphatic heterocycles. The van der Waals surface area contributed by atoms with Crippen LogP contribution >= 0.6 is 15.9 Å². The average Bonchev–Trinajstić information content (AvgIpc) is 2.94. The van der Waals surface area contributed by atoms with Crippen molar-refractivity contribution in [2.45, 2.75) is 26.0 Å². The molecule has 1 N–H and O–H groups in total. The Kier molecular flexibility index (Phi) is 6.55. The van der Waals surface area contributed by atoms with E-state index in [1.54, 1.807) is 29.9 Å². The summed E-state index contributed by atoms with van der Waals surface area (Å²) in [7, 11) is 0. The minimum absolute atomic E-state index is 0.190. The van der Waals surface area contributed by atoms with E-state index in [1.165, 1.54) is 0 Å². The van der Waals surface area contributed by atoms with Gasteiger partial charge in [0, 0.05) is 10.5 Å². The lowest BCUT2D eigenvalue weighted by molar-refractivity contribution is -0.126. The van der Waals surface area contributed by atoms with Crippen molar-refractivity contribution in [3.8, 4) is 0 Å². The summed E-state index contributed by atoms with van der Waals surface area (Å²) in [5.41, 5.74) is 1.09. The second kappa shape index (κ2) is 8.64. The number of hydrogen-bond acceptors (Lipinski definition) is 3. The molecule has 0 radical (unpaired) electrons. The third-order valence-corrected chi connectivity index (χ3v) is 3.74. The molecule has 1 heterocycles. The maximum atomic E-state index is 12.2. The van der Waals surface area contributed by atoms with Crippen molar-refractivity contribution in [1.82, 2.24) is 9.78 Å². The monoisotopic (exact) mass is 377 g/mol. The van der Waals surface area contributed by atoms with Crippen molar-refractivity contribution in [3.05, 3.63) is 59.2 Å². The van der Waals surface area contributed by atoms with E-state index < -0.39 is 6.10 Å². The van der Waals surface area contributed by atoms with E-state index in [0.29, 0.717) is 19.0 Å². The number of nitrogens with one attached hydrogen (secondary N) is 1. The number of hydrogen-bond donors (Lipinski definition) is 1. The first-order valence-corrected chi connectivity index (χ1v) is 8.19. The molecule has 1 atom stereocenters. The van der Waals surface area contributed by atoms with Gasteiger partial charge < -0.3 is 10.1 Å². The van der Waals surface area contributed by atoms with Crippen LogP contribution in [0.5, 0.6) is 0 Å². The predicted molar refractivity (Wildman–Crippen MR) is 94.3 cm³/mol.